The third kappa shape index (κ3) is 8.14. The number of aliphatic carboxylic acids is 1. The Bertz CT molecular complexity index is 1320. The fourth-order valence-electron chi connectivity index (χ4n) is 5.03. The van der Waals surface area contributed by atoms with Crippen LogP contribution in [0.25, 0.3) is 10.9 Å². The first-order chi connectivity index (χ1) is 19.9. The van der Waals surface area contributed by atoms with Gasteiger partial charge in [-0.1, -0.05) is 18.2 Å². The Hall–Kier alpha value is -4.23. The molecule has 2 aromatic heterocycles. The average Bonchev–Trinajstić information content (AvgIpc) is 3.75. The van der Waals surface area contributed by atoms with Gasteiger partial charge in [0.25, 0.3) is 0 Å². The van der Waals surface area contributed by atoms with Crippen molar-refractivity contribution >= 4 is 34.6 Å². The van der Waals surface area contributed by atoms with Crippen LogP contribution in [0.3, 0.4) is 0 Å². The topological polar surface area (TPSA) is 207 Å². The van der Waals surface area contributed by atoms with Crippen LogP contribution in [0, 0.1) is 0 Å². The summed E-state index contributed by atoms with van der Waals surface area (Å²) in [5.41, 5.74) is 7.83. The molecule has 0 saturated carbocycles. The molecule has 1 saturated heterocycles. The van der Waals surface area contributed by atoms with Gasteiger partial charge in [-0.25, -0.2) is 9.78 Å². The number of carbonyl (C=O) groups is 4. The van der Waals surface area contributed by atoms with Crippen molar-refractivity contribution in [3.63, 3.8) is 0 Å². The van der Waals surface area contributed by atoms with Crippen LogP contribution in [0.15, 0.2) is 43.0 Å². The minimum atomic E-state index is -1.17. The van der Waals surface area contributed by atoms with Crippen LogP contribution in [0.5, 0.6) is 0 Å². The maximum atomic E-state index is 13.7. The third-order valence-electron chi connectivity index (χ3n) is 7.28. The van der Waals surface area contributed by atoms with Gasteiger partial charge in [0.15, 0.2) is 0 Å². The van der Waals surface area contributed by atoms with E-state index in [0.29, 0.717) is 31.5 Å². The molecular weight excluding hydrogens is 528 g/mol. The highest BCUT2D eigenvalue weighted by Gasteiger charge is 2.32. The zero-order valence-electron chi connectivity index (χ0n) is 22.8. The Morgan fingerprint density at radius 3 is 2.44 bits per heavy atom. The minimum absolute atomic E-state index is 0.0463. The van der Waals surface area contributed by atoms with Crippen molar-refractivity contribution in [3.8, 4) is 0 Å². The summed E-state index contributed by atoms with van der Waals surface area (Å²) in [4.78, 5) is 62.0. The summed E-state index contributed by atoms with van der Waals surface area (Å²) in [5, 5.41) is 21.9. The number of imidazole rings is 1. The van der Waals surface area contributed by atoms with Crippen molar-refractivity contribution < 1.29 is 24.3 Å². The number of carboxylic acids is 1. The molecule has 4 rings (SSSR count). The second-order valence-corrected chi connectivity index (χ2v) is 10.3. The number of carboxylic acid groups (broad SMARTS) is 1. The molecule has 0 spiro atoms. The number of amides is 3. The van der Waals surface area contributed by atoms with E-state index < -0.39 is 42.0 Å². The first-order valence-electron chi connectivity index (χ1n) is 13.9. The molecule has 1 fully saturated rings. The molecule has 0 aliphatic carbocycles. The van der Waals surface area contributed by atoms with Crippen molar-refractivity contribution in [2.75, 3.05) is 13.1 Å². The van der Waals surface area contributed by atoms with Gasteiger partial charge in [0.1, 0.15) is 18.1 Å². The smallest absolute Gasteiger partial charge is 0.326 e. The summed E-state index contributed by atoms with van der Waals surface area (Å²) in [6, 6.07) is 4.01. The van der Waals surface area contributed by atoms with E-state index in [2.05, 4.69) is 36.2 Å². The highest BCUT2D eigenvalue weighted by molar-refractivity contribution is 5.95. The lowest BCUT2D eigenvalue weighted by atomic mass is 10.0. The molecule has 0 radical (unpaired) electrons. The number of carbonyl (C=O) groups excluding carboxylic acids is 3. The number of para-hydroxylation sites is 1. The van der Waals surface area contributed by atoms with Crippen LogP contribution in [0.1, 0.15) is 43.4 Å². The van der Waals surface area contributed by atoms with E-state index in [1.165, 1.54) is 12.5 Å². The molecular formula is C28H38N8O5. The summed E-state index contributed by atoms with van der Waals surface area (Å²) >= 11 is 0. The lowest BCUT2D eigenvalue weighted by Crippen LogP contribution is -2.58. The summed E-state index contributed by atoms with van der Waals surface area (Å²) < 4.78 is 0. The van der Waals surface area contributed by atoms with Gasteiger partial charge < -0.3 is 42.1 Å². The maximum Gasteiger partial charge on any atom is 0.326 e. The first kappa shape index (κ1) is 29.7. The molecule has 220 valence electrons. The Labute approximate surface area is 237 Å². The predicted molar refractivity (Wildman–Crippen MR) is 152 cm³/mol. The fraction of sp³-hybridized carbons (Fsp3) is 0.464. The molecule has 0 bridgehead atoms. The quantitative estimate of drug-likeness (QED) is 0.118. The molecule has 13 heteroatoms. The Kier molecular flexibility index (Phi) is 10.5. The van der Waals surface area contributed by atoms with Crippen molar-refractivity contribution in [2.45, 2.75) is 69.1 Å². The number of fused-ring (bicyclic) bond motifs is 1. The number of hydrogen-bond donors (Lipinski definition) is 8. The van der Waals surface area contributed by atoms with Crippen LogP contribution in [-0.2, 0) is 32.0 Å². The van der Waals surface area contributed by atoms with Crippen molar-refractivity contribution in [1.82, 2.24) is 36.2 Å². The molecule has 3 heterocycles. The lowest BCUT2D eigenvalue weighted by molar-refractivity contribution is -0.142. The third-order valence-corrected chi connectivity index (χ3v) is 7.28. The Morgan fingerprint density at radius 1 is 1.00 bits per heavy atom. The molecule has 1 aromatic carbocycles. The van der Waals surface area contributed by atoms with Crippen molar-refractivity contribution in [2.24, 2.45) is 5.73 Å². The van der Waals surface area contributed by atoms with E-state index in [9.17, 15) is 24.3 Å². The molecule has 13 nitrogen and oxygen atoms in total. The Balaban J connectivity index is 1.54. The van der Waals surface area contributed by atoms with E-state index in [4.69, 9.17) is 5.73 Å². The number of rotatable bonds is 15. The van der Waals surface area contributed by atoms with E-state index in [1.54, 1.807) is 6.20 Å². The number of H-pyrrole nitrogens is 2. The van der Waals surface area contributed by atoms with Crippen LogP contribution >= 0.6 is 0 Å². The number of hydrogen-bond acceptors (Lipinski definition) is 7. The highest BCUT2D eigenvalue weighted by Crippen LogP contribution is 2.19. The maximum absolute atomic E-state index is 13.7. The number of unbranched alkanes of at least 4 members (excludes halogenated alkanes) is 1. The molecule has 9 N–H and O–H groups in total. The number of nitrogens with zero attached hydrogens (tertiary/aromatic N) is 1. The molecule has 1 aliphatic rings. The number of aromatic nitrogens is 3. The molecule has 3 amide bonds. The van der Waals surface area contributed by atoms with Gasteiger partial charge in [0.05, 0.1) is 12.4 Å². The molecule has 4 atom stereocenters. The SMILES string of the molecule is NCCCCC(NC(=O)C(Cc1cnc[nH]1)NC(=O)C(Cc1c[nH]c2ccccc12)NC(=O)C1CCCN1)C(=O)O. The number of nitrogens with two attached hydrogens (primary N) is 1. The largest absolute Gasteiger partial charge is 0.480 e. The highest BCUT2D eigenvalue weighted by atomic mass is 16.4. The van der Waals surface area contributed by atoms with Crippen LogP contribution < -0.4 is 27.0 Å². The normalized spacial score (nSPS) is 17.0. The zero-order chi connectivity index (χ0) is 29.2. The van der Waals surface area contributed by atoms with Crippen molar-refractivity contribution in [3.05, 3.63) is 54.2 Å². The van der Waals surface area contributed by atoms with Gasteiger partial charge in [0.2, 0.25) is 17.7 Å². The fourth-order valence-corrected chi connectivity index (χ4v) is 5.03. The average molecular weight is 567 g/mol. The van der Waals surface area contributed by atoms with Gasteiger partial charge in [-0.05, 0) is 56.8 Å². The molecule has 41 heavy (non-hydrogen) atoms. The molecule has 3 aromatic rings. The standard InChI is InChI=1S/C28H38N8O5/c29-10-4-3-8-22(28(40)41)34-27(39)24(13-18-15-30-16-33-18)36-26(38)23(35-25(37)21-9-5-11-31-21)12-17-14-32-20-7-2-1-6-19(17)20/h1-2,6-7,14-16,21-24,31-32H,3-5,8-13,29H2,(H,30,33)(H,34,39)(H,35,37)(H,36,38)(H,40,41). The van der Waals surface area contributed by atoms with E-state index >= 15 is 0 Å². The first-order valence-corrected chi connectivity index (χ1v) is 13.9. The second-order valence-electron chi connectivity index (χ2n) is 10.3. The van der Waals surface area contributed by atoms with E-state index in [0.717, 1.165) is 29.4 Å². The molecule has 1 aliphatic heterocycles. The minimum Gasteiger partial charge on any atom is -0.480 e. The summed E-state index contributed by atoms with van der Waals surface area (Å²) in [7, 11) is 0. The van der Waals surface area contributed by atoms with E-state index in [1.807, 2.05) is 24.3 Å². The summed E-state index contributed by atoms with van der Waals surface area (Å²) in [6.45, 7) is 1.14. The molecule has 4 unspecified atom stereocenters. The van der Waals surface area contributed by atoms with Crippen LogP contribution in [0.2, 0.25) is 0 Å². The van der Waals surface area contributed by atoms with Gasteiger partial charge in [-0.2, -0.15) is 0 Å². The van der Waals surface area contributed by atoms with E-state index in [-0.39, 0.29) is 25.2 Å². The predicted octanol–water partition coefficient (Wildman–Crippen LogP) is 0.0962. The van der Waals surface area contributed by atoms with Gasteiger partial charge in [-0.15, -0.1) is 0 Å². The zero-order valence-corrected chi connectivity index (χ0v) is 22.8. The summed E-state index contributed by atoms with van der Waals surface area (Å²) in [5.74, 6) is -2.67. The number of aromatic amines is 2. The monoisotopic (exact) mass is 566 g/mol. The summed E-state index contributed by atoms with van der Waals surface area (Å²) in [6.07, 6.45) is 7.90. The van der Waals surface area contributed by atoms with Gasteiger partial charge in [0, 0.05) is 41.8 Å². The van der Waals surface area contributed by atoms with Gasteiger partial charge >= 0.3 is 5.97 Å². The van der Waals surface area contributed by atoms with Crippen LogP contribution in [-0.4, -0.2) is 81.0 Å². The number of nitrogens with one attached hydrogen (secondary N) is 6. The second kappa shape index (κ2) is 14.4. The Morgan fingerprint density at radius 2 is 1.76 bits per heavy atom. The van der Waals surface area contributed by atoms with Gasteiger partial charge in [-0.3, -0.25) is 14.4 Å². The number of benzene rings is 1. The van der Waals surface area contributed by atoms with Crippen LogP contribution in [0.4, 0.5) is 0 Å². The lowest BCUT2D eigenvalue weighted by Gasteiger charge is -2.25. The van der Waals surface area contributed by atoms with Crippen molar-refractivity contribution in [1.29, 1.82) is 0 Å².